The van der Waals surface area contributed by atoms with Gasteiger partial charge in [0.2, 0.25) is 0 Å². The second-order valence-corrected chi connectivity index (χ2v) is 3.40. The lowest BCUT2D eigenvalue weighted by atomic mass is 10.0. The van der Waals surface area contributed by atoms with Crippen molar-refractivity contribution in [3.8, 4) is 16.9 Å². The maximum atomic E-state index is 13.4. The minimum absolute atomic E-state index is 0.134. The van der Waals surface area contributed by atoms with Crippen LogP contribution in [-0.2, 0) is 0 Å². The molecule has 0 bridgehead atoms. The highest BCUT2D eigenvalue weighted by Gasteiger charge is 2.10. The average Bonchev–Trinajstić information content (AvgIpc) is 2.19. The van der Waals surface area contributed by atoms with E-state index < -0.39 is 11.6 Å². The van der Waals surface area contributed by atoms with Crippen molar-refractivity contribution in [2.45, 2.75) is 0 Å². The number of nitrogen functional groups attached to an aromatic ring is 1. The quantitative estimate of drug-likeness (QED) is 0.727. The number of hydrogen-bond donors (Lipinski definition) is 2. The SMILES string of the molecule is Nc1ccc(-c2ccc(F)cc2F)c(O)c1. The van der Waals surface area contributed by atoms with E-state index in [1.165, 1.54) is 24.3 Å². The Morgan fingerprint density at radius 1 is 0.938 bits per heavy atom. The number of halogens is 2. The number of phenols is 1. The molecule has 0 aliphatic rings. The van der Waals surface area contributed by atoms with Gasteiger partial charge in [-0.15, -0.1) is 0 Å². The summed E-state index contributed by atoms with van der Waals surface area (Å²) >= 11 is 0. The van der Waals surface area contributed by atoms with Gasteiger partial charge < -0.3 is 10.8 Å². The van der Waals surface area contributed by atoms with Crippen LogP contribution < -0.4 is 5.73 Å². The van der Waals surface area contributed by atoms with Gasteiger partial charge in [0.25, 0.3) is 0 Å². The van der Waals surface area contributed by atoms with Crippen molar-refractivity contribution in [3.05, 3.63) is 48.0 Å². The second-order valence-electron chi connectivity index (χ2n) is 3.40. The molecule has 0 fully saturated rings. The van der Waals surface area contributed by atoms with Crippen molar-refractivity contribution in [1.29, 1.82) is 0 Å². The summed E-state index contributed by atoms with van der Waals surface area (Å²) in [5.74, 6) is -1.51. The van der Waals surface area contributed by atoms with Crippen molar-refractivity contribution in [2.24, 2.45) is 0 Å². The van der Waals surface area contributed by atoms with E-state index in [0.29, 0.717) is 5.69 Å². The first-order valence-corrected chi connectivity index (χ1v) is 4.62. The third-order valence-electron chi connectivity index (χ3n) is 2.24. The molecule has 0 amide bonds. The molecule has 3 N–H and O–H groups in total. The van der Waals surface area contributed by atoms with Gasteiger partial charge in [-0.25, -0.2) is 8.78 Å². The smallest absolute Gasteiger partial charge is 0.134 e. The zero-order valence-electron chi connectivity index (χ0n) is 8.24. The molecule has 0 aliphatic carbocycles. The molecule has 0 heterocycles. The van der Waals surface area contributed by atoms with Crippen molar-refractivity contribution in [2.75, 3.05) is 5.73 Å². The first kappa shape index (κ1) is 10.4. The van der Waals surface area contributed by atoms with Gasteiger partial charge in [0, 0.05) is 28.9 Å². The Morgan fingerprint density at radius 2 is 1.62 bits per heavy atom. The Kier molecular flexibility index (Phi) is 2.48. The molecule has 4 heteroatoms. The highest BCUT2D eigenvalue weighted by molar-refractivity contribution is 5.72. The van der Waals surface area contributed by atoms with Crippen molar-refractivity contribution < 1.29 is 13.9 Å². The van der Waals surface area contributed by atoms with Gasteiger partial charge in [-0.05, 0) is 24.3 Å². The van der Waals surface area contributed by atoms with Crippen LogP contribution >= 0.6 is 0 Å². The van der Waals surface area contributed by atoms with Crippen LogP contribution in [0.3, 0.4) is 0 Å². The van der Waals surface area contributed by atoms with Crippen LogP contribution in [0.2, 0.25) is 0 Å². The first-order valence-electron chi connectivity index (χ1n) is 4.62. The van der Waals surface area contributed by atoms with E-state index in [9.17, 15) is 13.9 Å². The van der Waals surface area contributed by atoms with Gasteiger partial charge in [-0.2, -0.15) is 0 Å². The Bertz CT molecular complexity index is 491. The molecule has 0 radical (unpaired) electrons. The summed E-state index contributed by atoms with van der Waals surface area (Å²) in [7, 11) is 0. The standard InChI is InChI=1S/C12H9F2NO/c13-7-1-3-9(11(14)5-7)10-4-2-8(15)6-12(10)16/h1-6,16H,15H2. The number of aromatic hydroxyl groups is 1. The number of rotatable bonds is 1. The third-order valence-corrected chi connectivity index (χ3v) is 2.24. The van der Waals surface area contributed by atoms with Gasteiger partial charge in [-0.3, -0.25) is 0 Å². The maximum absolute atomic E-state index is 13.4. The Morgan fingerprint density at radius 3 is 2.25 bits per heavy atom. The van der Waals surface area contributed by atoms with Crippen LogP contribution in [-0.4, -0.2) is 5.11 Å². The predicted molar refractivity (Wildman–Crippen MR) is 57.9 cm³/mol. The molecule has 0 saturated carbocycles. The molecular formula is C12H9F2NO. The molecule has 0 unspecified atom stereocenters. The summed E-state index contributed by atoms with van der Waals surface area (Å²) in [6.07, 6.45) is 0. The number of anilines is 1. The van der Waals surface area contributed by atoms with Crippen LogP contribution in [0, 0.1) is 11.6 Å². The van der Waals surface area contributed by atoms with Crippen LogP contribution in [0.1, 0.15) is 0 Å². The van der Waals surface area contributed by atoms with Gasteiger partial charge in [-0.1, -0.05) is 0 Å². The van der Waals surface area contributed by atoms with Crippen LogP contribution in [0.5, 0.6) is 5.75 Å². The average molecular weight is 221 g/mol. The lowest BCUT2D eigenvalue weighted by Gasteiger charge is -2.06. The van der Waals surface area contributed by atoms with E-state index in [0.717, 1.165) is 12.1 Å². The van der Waals surface area contributed by atoms with Crippen molar-refractivity contribution in [3.63, 3.8) is 0 Å². The molecular weight excluding hydrogens is 212 g/mol. The summed E-state index contributed by atoms with van der Waals surface area (Å²) in [6, 6.07) is 7.52. The van der Waals surface area contributed by atoms with Gasteiger partial charge in [0.15, 0.2) is 0 Å². The second kappa shape index (κ2) is 3.81. The lowest BCUT2D eigenvalue weighted by Crippen LogP contribution is -1.89. The van der Waals surface area contributed by atoms with E-state index in [2.05, 4.69) is 0 Å². The van der Waals surface area contributed by atoms with Crippen molar-refractivity contribution in [1.82, 2.24) is 0 Å². The molecule has 16 heavy (non-hydrogen) atoms. The molecule has 0 aliphatic heterocycles. The molecule has 2 rings (SSSR count). The minimum atomic E-state index is -0.722. The fourth-order valence-corrected chi connectivity index (χ4v) is 1.48. The summed E-state index contributed by atoms with van der Waals surface area (Å²) in [6.45, 7) is 0. The fraction of sp³-hybridized carbons (Fsp3) is 0. The zero-order chi connectivity index (χ0) is 11.7. The predicted octanol–water partition coefficient (Wildman–Crippen LogP) is 2.92. The van der Waals surface area contributed by atoms with Gasteiger partial charge in [0.1, 0.15) is 17.4 Å². The normalized spacial score (nSPS) is 10.4. The number of hydrogen-bond acceptors (Lipinski definition) is 2. The van der Waals surface area contributed by atoms with E-state index in [4.69, 9.17) is 5.73 Å². The largest absolute Gasteiger partial charge is 0.507 e. The molecule has 0 spiro atoms. The fourth-order valence-electron chi connectivity index (χ4n) is 1.48. The van der Waals surface area contributed by atoms with E-state index in [1.807, 2.05) is 0 Å². The van der Waals surface area contributed by atoms with E-state index >= 15 is 0 Å². The van der Waals surface area contributed by atoms with Crippen molar-refractivity contribution >= 4 is 5.69 Å². The summed E-state index contributed by atoms with van der Waals surface area (Å²) in [5.41, 5.74) is 6.25. The monoisotopic (exact) mass is 221 g/mol. The number of nitrogens with two attached hydrogens (primary N) is 1. The Labute approximate surface area is 91.0 Å². The molecule has 2 nitrogen and oxygen atoms in total. The summed E-state index contributed by atoms with van der Waals surface area (Å²) in [5, 5.41) is 9.60. The number of benzene rings is 2. The van der Waals surface area contributed by atoms with Crippen LogP contribution in [0.25, 0.3) is 11.1 Å². The Balaban J connectivity index is 2.59. The molecule has 2 aromatic carbocycles. The van der Waals surface area contributed by atoms with E-state index in [1.54, 1.807) is 0 Å². The summed E-state index contributed by atoms with van der Waals surface area (Å²) in [4.78, 5) is 0. The highest BCUT2D eigenvalue weighted by Crippen LogP contribution is 2.32. The van der Waals surface area contributed by atoms with Crippen LogP contribution in [0.15, 0.2) is 36.4 Å². The maximum Gasteiger partial charge on any atom is 0.134 e. The molecule has 0 aromatic heterocycles. The first-order chi connectivity index (χ1) is 7.58. The third kappa shape index (κ3) is 1.82. The highest BCUT2D eigenvalue weighted by atomic mass is 19.1. The molecule has 82 valence electrons. The topological polar surface area (TPSA) is 46.2 Å². The zero-order valence-corrected chi connectivity index (χ0v) is 8.24. The molecule has 0 saturated heterocycles. The minimum Gasteiger partial charge on any atom is -0.507 e. The molecule has 2 aromatic rings. The van der Waals surface area contributed by atoms with Crippen LogP contribution in [0.4, 0.5) is 14.5 Å². The van der Waals surface area contributed by atoms with Gasteiger partial charge in [0.05, 0.1) is 0 Å². The van der Waals surface area contributed by atoms with Gasteiger partial charge >= 0.3 is 0 Å². The number of phenolic OH excluding ortho intramolecular Hbond substituents is 1. The van der Waals surface area contributed by atoms with E-state index in [-0.39, 0.29) is 16.9 Å². The lowest BCUT2D eigenvalue weighted by molar-refractivity contribution is 0.477. The molecule has 0 atom stereocenters. The Hall–Kier alpha value is -2.10. The summed E-state index contributed by atoms with van der Waals surface area (Å²) < 4.78 is 26.1.